The van der Waals surface area contributed by atoms with Crippen LogP contribution in [0.5, 0.6) is 0 Å². The minimum Gasteiger partial charge on any atom is -0.310 e. The molecule has 0 bridgehead atoms. The SMILES string of the molecule is Fc1cc(CNC2CC2)cc(-n2cnc3c2CCCC3)c1. The van der Waals surface area contributed by atoms with Crippen LogP contribution in [0.2, 0.25) is 0 Å². The molecule has 4 rings (SSSR count). The second kappa shape index (κ2) is 5.26. The van der Waals surface area contributed by atoms with E-state index in [-0.39, 0.29) is 5.82 Å². The zero-order valence-corrected chi connectivity index (χ0v) is 12.1. The molecule has 1 saturated carbocycles. The predicted molar refractivity (Wildman–Crippen MR) is 80.0 cm³/mol. The second-order valence-electron chi connectivity index (χ2n) is 6.19. The highest BCUT2D eigenvalue weighted by Crippen LogP contribution is 2.25. The lowest BCUT2D eigenvalue weighted by Gasteiger charge is -2.15. The van der Waals surface area contributed by atoms with Gasteiger partial charge in [-0.05, 0) is 62.3 Å². The van der Waals surface area contributed by atoms with Gasteiger partial charge in [0.25, 0.3) is 0 Å². The van der Waals surface area contributed by atoms with E-state index in [1.807, 2.05) is 6.33 Å². The summed E-state index contributed by atoms with van der Waals surface area (Å²) in [6.07, 6.45) is 8.85. The third-order valence-corrected chi connectivity index (χ3v) is 4.42. The van der Waals surface area contributed by atoms with Gasteiger partial charge in [0.05, 0.1) is 12.0 Å². The van der Waals surface area contributed by atoms with E-state index in [0.29, 0.717) is 6.04 Å². The van der Waals surface area contributed by atoms with Crippen molar-refractivity contribution in [2.24, 2.45) is 0 Å². The molecule has 0 spiro atoms. The summed E-state index contributed by atoms with van der Waals surface area (Å²) in [4.78, 5) is 4.50. The highest BCUT2D eigenvalue weighted by molar-refractivity contribution is 5.40. The number of imidazole rings is 1. The van der Waals surface area contributed by atoms with Crippen LogP contribution in [-0.4, -0.2) is 15.6 Å². The van der Waals surface area contributed by atoms with Crippen LogP contribution in [0.4, 0.5) is 4.39 Å². The van der Waals surface area contributed by atoms with Crippen molar-refractivity contribution in [3.63, 3.8) is 0 Å². The molecule has 1 fully saturated rings. The van der Waals surface area contributed by atoms with E-state index >= 15 is 0 Å². The Morgan fingerprint density at radius 1 is 1.19 bits per heavy atom. The molecule has 2 aromatic rings. The first-order valence-electron chi connectivity index (χ1n) is 7.88. The van der Waals surface area contributed by atoms with Crippen LogP contribution in [0.25, 0.3) is 5.69 Å². The number of aromatic nitrogens is 2. The molecule has 110 valence electrons. The van der Waals surface area contributed by atoms with Gasteiger partial charge in [0.15, 0.2) is 0 Å². The number of nitrogens with one attached hydrogen (secondary N) is 1. The van der Waals surface area contributed by atoms with Crippen molar-refractivity contribution in [2.45, 2.75) is 51.1 Å². The third-order valence-electron chi connectivity index (χ3n) is 4.42. The Labute approximate surface area is 124 Å². The Morgan fingerprint density at radius 3 is 2.90 bits per heavy atom. The molecule has 0 unspecified atom stereocenters. The summed E-state index contributed by atoms with van der Waals surface area (Å²) >= 11 is 0. The van der Waals surface area contributed by atoms with Crippen LogP contribution in [0.15, 0.2) is 24.5 Å². The minimum atomic E-state index is -0.168. The number of fused-ring (bicyclic) bond motifs is 1. The molecule has 1 aromatic heterocycles. The lowest BCUT2D eigenvalue weighted by atomic mass is 10.0. The molecule has 2 aliphatic rings. The molecule has 0 atom stereocenters. The van der Waals surface area contributed by atoms with Crippen molar-refractivity contribution >= 4 is 0 Å². The Kier molecular flexibility index (Phi) is 3.26. The highest BCUT2D eigenvalue weighted by atomic mass is 19.1. The zero-order valence-electron chi connectivity index (χ0n) is 12.1. The molecule has 1 N–H and O–H groups in total. The molecule has 0 radical (unpaired) electrons. The van der Waals surface area contributed by atoms with Gasteiger partial charge in [-0.25, -0.2) is 9.37 Å². The summed E-state index contributed by atoms with van der Waals surface area (Å²) < 4.78 is 16.0. The van der Waals surface area contributed by atoms with Crippen molar-refractivity contribution in [3.8, 4) is 5.69 Å². The summed E-state index contributed by atoms with van der Waals surface area (Å²) in [5.41, 5.74) is 4.35. The first kappa shape index (κ1) is 13.0. The van der Waals surface area contributed by atoms with Crippen LogP contribution < -0.4 is 5.32 Å². The lowest BCUT2D eigenvalue weighted by molar-refractivity contribution is 0.616. The number of nitrogens with zero attached hydrogens (tertiary/aromatic N) is 2. The molecule has 21 heavy (non-hydrogen) atoms. The first-order chi connectivity index (χ1) is 10.3. The van der Waals surface area contributed by atoms with Gasteiger partial charge in [-0.3, -0.25) is 0 Å². The summed E-state index contributed by atoms with van der Waals surface area (Å²) in [5, 5.41) is 3.44. The van der Waals surface area contributed by atoms with E-state index in [1.165, 1.54) is 37.1 Å². The Bertz CT molecular complexity index is 658. The summed E-state index contributed by atoms with van der Waals surface area (Å²) in [6, 6.07) is 5.95. The molecule has 0 aliphatic heterocycles. The van der Waals surface area contributed by atoms with E-state index in [4.69, 9.17) is 0 Å². The molecule has 0 saturated heterocycles. The van der Waals surface area contributed by atoms with Gasteiger partial charge in [-0.15, -0.1) is 0 Å². The van der Waals surface area contributed by atoms with Crippen LogP contribution in [0, 0.1) is 5.82 Å². The molecule has 3 nitrogen and oxygen atoms in total. The van der Waals surface area contributed by atoms with E-state index in [1.54, 1.807) is 12.1 Å². The monoisotopic (exact) mass is 285 g/mol. The van der Waals surface area contributed by atoms with Gasteiger partial charge in [-0.2, -0.15) is 0 Å². The van der Waals surface area contributed by atoms with Crippen molar-refractivity contribution in [1.29, 1.82) is 0 Å². The number of hydrogen-bond donors (Lipinski definition) is 1. The van der Waals surface area contributed by atoms with Crippen molar-refractivity contribution in [1.82, 2.24) is 14.9 Å². The Balaban J connectivity index is 1.65. The first-order valence-corrected chi connectivity index (χ1v) is 7.88. The number of aryl methyl sites for hydroxylation is 1. The van der Waals surface area contributed by atoms with Gasteiger partial charge >= 0.3 is 0 Å². The molecule has 4 heteroatoms. The van der Waals surface area contributed by atoms with Crippen LogP contribution in [-0.2, 0) is 19.4 Å². The quantitative estimate of drug-likeness (QED) is 0.935. The van der Waals surface area contributed by atoms with Crippen LogP contribution in [0.1, 0.15) is 42.6 Å². The number of rotatable bonds is 4. The van der Waals surface area contributed by atoms with Crippen molar-refractivity contribution in [2.75, 3.05) is 0 Å². The molecule has 1 heterocycles. The lowest BCUT2D eigenvalue weighted by Crippen LogP contribution is -2.15. The fraction of sp³-hybridized carbons (Fsp3) is 0.471. The van der Waals surface area contributed by atoms with Gasteiger partial charge in [0.1, 0.15) is 5.82 Å². The fourth-order valence-corrected chi connectivity index (χ4v) is 3.12. The van der Waals surface area contributed by atoms with E-state index < -0.39 is 0 Å². The summed E-state index contributed by atoms with van der Waals surface area (Å²) in [6.45, 7) is 0.742. The Hall–Kier alpha value is -1.68. The molecular formula is C17H20FN3. The van der Waals surface area contributed by atoms with Gasteiger partial charge in [0, 0.05) is 24.0 Å². The van der Waals surface area contributed by atoms with E-state index in [9.17, 15) is 4.39 Å². The topological polar surface area (TPSA) is 29.9 Å². The summed E-state index contributed by atoms with van der Waals surface area (Å²) in [7, 11) is 0. The number of hydrogen-bond acceptors (Lipinski definition) is 2. The highest BCUT2D eigenvalue weighted by Gasteiger charge is 2.20. The second-order valence-corrected chi connectivity index (χ2v) is 6.19. The average Bonchev–Trinajstić information content (AvgIpc) is 3.22. The van der Waals surface area contributed by atoms with Crippen molar-refractivity contribution < 1.29 is 4.39 Å². The van der Waals surface area contributed by atoms with E-state index in [0.717, 1.165) is 30.6 Å². The largest absolute Gasteiger partial charge is 0.310 e. The maximum Gasteiger partial charge on any atom is 0.125 e. The van der Waals surface area contributed by atoms with Gasteiger partial charge < -0.3 is 9.88 Å². The maximum absolute atomic E-state index is 13.9. The molecular weight excluding hydrogens is 265 g/mol. The van der Waals surface area contributed by atoms with Gasteiger partial charge in [-0.1, -0.05) is 0 Å². The van der Waals surface area contributed by atoms with Crippen LogP contribution >= 0.6 is 0 Å². The Morgan fingerprint density at radius 2 is 2.05 bits per heavy atom. The smallest absolute Gasteiger partial charge is 0.125 e. The fourth-order valence-electron chi connectivity index (χ4n) is 3.12. The number of halogens is 1. The number of benzene rings is 1. The standard InChI is InChI=1S/C17H20FN3/c18-13-7-12(10-19-14-5-6-14)8-15(9-13)21-11-20-16-3-1-2-4-17(16)21/h7-9,11,14,19H,1-6,10H2. The molecule has 2 aliphatic carbocycles. The van der Waals surface area contributed by atoms with E-state index in [2.05, 4.69) is 20.9 Å². The molecule has 0 amide bonds. The third kappa shape index (κ3) is 2.72. The zero-order chi connectivity index (χ0) is 14.2. The van der Waals surface area contributed by atoms with Crippen LogP contribution in [0.3, 0.4) is 0 Å². The predicted octanol–water partition coefficient (Wildman–Crippen LogP) is 3.14. The maximum atomic E-state index is 13.9. The molecule has 1 aromatic carbocycles. The van der Waals surface area contributed by atoms with Crippen molar-refractivity contribution in [3.05, 3.63) is 47.3 Å². The normalized spacial score (nSPS) is 17.8. The minimum absolute atomic E-state index is 0.168. The summed E-state index contributed by atoms with van der Waals surface area (Å²) in [5.74, 6) is -0.168. The average molecular weight is 285 g/mol. The van der Waals surface area contributed by atoms with Gasteiger partial charge in [0.2, 0.25) is 0 Å².